The molecule has 1 N–H and O–H groups in total. The summed E-state index contributed by atoms with van der Waals surface area (Å²) < 4.78 is 92.7. The molecule has 0 aliphatic rings. The fourth-order valence-electron chi connectivity index (χ4n) is 4.08. The van der Waals surface area contributed by atoms with Crippen LogP contribution in [-0.2, 0) is 12.0 Å². The molecule has 1 aromatic heterocycles. The number of fused-ring (bicyclic) bond motifs is 1. The zero-order valence-corrected chi connectivity index (χ0v) is 19.9. The van der Waals surface area contributed by atoms with Crippen LogP contribution in [0.4, 0.5) is 26.3 Å². The van der Waals surface area contributed by atoms with E-state index in [4.69, 9.17) is 9.47 Å². The summed E-state index contributed by atoms with van der Waals surface area (Å²) in [6.45, 7) is 0. The predicted octanol–water partition coefficient (Wildman–Crippen LogP) is 5.31. The molecule has 0 atom stereocenters. The molecule has 6 nitrogen and oxygen atoms in total. The number of hydrogen-bond acceptors (Lipinski definition) is 5. The van der Waals surface area contributed by atoms with E-state index in [1.807, 2.05) is 0 Å². The standard InChI is InChI=1S/C26H20F6N2O4/c1-37-20-13-18-19(14-21(20)38-2)33-22(11-15-7-4-3-5-8-15)34(23(18)35)17-10-6-9-16(12-17)24(36,25(27,28)29)26(30,31)32/h3-10,12-14,36H,11H2,1-2H3. The summed E-state index contributed by atoms with van der Waals surface area (Å²) in [6, 6.07) is 14.4. The van der Waals surface area contributed by atoms with Crippen LogP contribution in [0.1, 0.15) is 17.0 Å². The van der Waals surface area contributed by atoms with E-state index < -0.39 is 29.1 Å². The molecule has 0 spiro atoms. The van der Waals surface area contributed by atoms with Crippen LogP contribution in [0.5, 0.6) is 11.5 Å². The van der Waals surface area contributed by atoms with Gasteiger partial charge in [0, 0.05) is 18.1 Å². The monoisotopic (exact) mass is 538 g/mol. The van der Waals surface area contributed by atoms with E-state index in [0.717, 1.165) is 16.7 Å². The largest absolute Gasteiger partial charge is 0.493 e. The fourth-order valence-corrected chi connectivity index (χ4v) is 4.08. The van der Waals surface area contributed by atoms with Crippen LogP contribution in [0.15, 0.2) is 71.5 Å². The van der Waals surface area contributed by atoms with Gasteiger partial charge in [-0.25, -0.2) is 4.98 Å². The maximum atomic E-state index is 13.7. The summed E-state index contributed by atoms with van der Waals surface area (Å²) in [7, 11) is 2.71. The lowest BCUT2D eigenvalue weighted by Crippen LogP contribution is -2.54. The molecular weight excluding hydrogens is 518 g/mol. The second-order valence-electron chi connectivity index (χ2n) is 8.31. The molecule has 4 aromatic rings. The number of methoxy groups -OCH3 is 2. The first-order chi connectivity index (χ1) is 17.8. The second-order valence-corrected chi connectivity index (χ2v) is 8.31. The average Bonchev–Trinajstić information content (AvgIpc) is 2.87. The molecule has 0 fully saturated rings. The highest BCUT2D eigenvalue weighted by Gasteiger charge is 2.71. The minimum atomic E-state index is -6.09. The van der Waals surface area contributed by atoms with E-state index >= 15 is 0 Å². The topological polar surface area (TPSA) is 73.6 Å². The Morgan fingerprint density at radius 1 is 0.842 bits per heavy atom. The first-order valence-corrected chi connectivity index (χ1v) is 11.0. The Hall–Kier alpha value is -4.06. The number of benzene rings is 3. The number of halogens is 6. The number of aromatic nitrogens is 2. The Balaban J connectivity index is 2.03. The third-order valence-electron chi connectivity index (χ3n) is 5.99. The summed E-state index contributed by atoms with van der Waals surface area (Å²) in [4.78, 5) is 18.2. The van der Waals surface area contributed by atoms with E-state index in [0.29, 0.717) is 17.7 Å². The minimum Gasteiger partial charge on any atom is -0.493 e. The highest BCUT2D eigenvalue weighted by molar-refractivity contribution is 5.82. The van der Waals surface area contributed by atoms with Crippen molar-refractivity contribution in [3.63, 3.8) is 0 Å². The van der Waals surface area contributed by atoms with E-state index in [1.54, 1.807) is 30.3 Å². The molecule has 1 heterocycles. The Labute approximate surface area is 211 Å². The van der Waals surface area contributed by atoms with Gasteiger partial charge in [-0.3, -0.25) is 9.36 Å². The van der Waals surface area contributed by atoms with E-state index in [9.17, 15) is 36.2 Å². The number of rotatable bonds is 6. The molecule has 12 heteroatoms. The summed E-state index contributed by atoms with van der Waals surface area (Å²) in [5.74, 6) is 0.455. The molecule has 0 bridgehead atoms. The van der Waals surface area contributed by atoms with Crippen molar-refractivity contribution in [2.24, 2.45) is 0 Å². The normalized spacial score (nSPS) is 12.6. The lowest BCUT2D eigenvalue weighted by atomic mass is 9.92. The predicted molar refractivity (Wildman–Crippen MR) is 126 cm³/mol. The quantitative estimate of drug-likeness (QED) is 0.337. The van der Waals surface area contributed by atoms with Crippen molar-refractivity contribution in [1.82, 2.24) is 9.55 Å². The maximum Gasteiger partial charge on any atom is 0.430 e. The molecule has 0 saturated heterocycles. The van der Waals surface area contributed by atoms with Crippen molar-refractivity contribution in [2.45, 2.75) is 24.4 Å². The smallest absolute Gasteiger partial charge is 0.430 e. The first-order valence-electron chi connectivity index (χ1n) is 11.0. The lowest BCUT2D eigenvalue weighted by molar-refractivity contribution is -0.376. The zero-order valence-electron chi connectivity index (χ0n) is 19.9. The molecule has 0 amide bonds. The van der Waals surface area contributed by atoms with Crippen LogP contribution >= 0.6 is 0 Å². The Morgan fingerprint density at radius 2 is 1.45 bits per heavy atom. The van der Waals surface area contributed by atoms with Gasteiger partial charge in [0.05, 0.1) is 30.8 Å². The number of alkyl halides is 6. The number of nitrogens with zero attached hydrogens (tertiary/aromatic N) is 2. The van der Waals surface area contributed by atoms with E-state index in [2.05, 4.69) is 4.98 Å². The molecule has 0 unspecified atom stereocenters. The zero-order chi connectivity index (χ0) is 27.9. The second kappa shape index (κ2) is 9.67. The number of ether oxygens (including phenoxy) is 2. The number of hydrogen-bond donors (Lipinski definition) is 1. The van der Waals surface area contributed by atoms with Crippen molar-refractivity contribution in [3.8, 4) is 17.2 Å². The van der Waals surface area contributed by atoms with Crippen molar-refractivity contribution >= 4 is 10.9 Å². The summed E-state index contributed by atoms with van der Waals surface area (Å²) >= 11 is 0. The third-order valence-corrected chi connectivity index (χ3v) is 5.99. The molecule has 38 heavy (non-hydrogen) atoms. The molecule has 4 rings (SSSR count). The van der Waals surface area contributed by atoms with Crippen molar-refractivity contribution in [1.29, 1.82) is 0 Å². The lowest BCUT2D eigenvalue weighted by Gasteiger charge is -2.33. The van der Waals surface area contributed by atoms with Crippen molar-refractivity contribution < 1.29 is 40.9 Å². The van der Waals surface area contributed by atoms with Gasteiger partial charge in [-0.05, 0) is 23.8 Å². The van der Waals surface area contributed by atoms with Crippen LogP contribution in [0.25, 0.3) is 16.6 Å². The van der Waals surface area contributed by atoms with Gasteiger partial charge < -0.3 is 14.6 Å². The number of aliphatic hydroxyl groups is 1. The van der Waals surface area contributed by atoms with Gasteiger partial charge in [-0.2, -0.15) is 26.3 Å². The maximum absolute atomic E-state index is 13.7. The van der Waals surface area contributed by atoms with Gasteiger partial charge in [-0.15, -0.1) is 0 Å². The molecule has 0 saturated carbocycles. The fraction of sp³-hybridized carbons (Fsp3) is 0.231. The van der Waals surface area contributed by atoms with Crippen LogP contribution in [0.3, 0.4) is 0 Å². The van der Waals surface area contributed by atoms with Gasteiger partial charge in [0.2, 0.25) is 0 Å². The van der Waals surface area contributed by atoms with Gasteiger partial charge in [0.1, 0.15) is 5.82 Å². The molecular formula is C26H20F6N2O4. The SMILES string of the molecule is COc1cc2nc(Cc3ccccc3)n(-c3cccc(C(O)(C(F)(F)F)C(F)(F)F)c3)c(=O)c2cc1OC. The average molecular weight is 538 g/mol. The van der Waals surface area contributed by atoms with Crippen molar-refractivity contribution in [3.05, 3.63) is 94.0 Å². The summed E-state index contributed by atoms with van der Waals surface area (Å²) in [5.41, 5.74) is -6.95. The molecule has 3 aromatic carbocycles. The minimum absolute atomic E-state index is 0.00734. The molecule has 0 aliphatic heterocycles. The van der Waals surface area contributed by atoms with Gasteiger partial charge >= 0.3 is 12.4 Å². The summed E-state index contributed by atoms with van der Waals surface area (Å²) in [6.07, 6.45) is -12.2. The Morgan fingerprint density at radius 3 is 2.03 bits per heavy atom. The Kier molecular flexibility index (Phi) is 6.87. The van der Waals surface area contributed by atoms with E-state index in [-0.39, 0.29) is 40.3 Å². The van der Waals surface area contributed by atoms with Crippen LogP contribution < -0.4 is 15.0 Å². The van der Waals surface area contributed by atoms with E-state index in [1.165, 1.54) is 26.4 Å². The van der Waals surface area contributed by atoms with Crippen LogP contribution in [0.2, 0.25) is 0 Å². The van der Waals surface area contributed by atoms with Crippen LogP contribution in [-0.4, -0.2) is 41.2 Å². The molecule has 0 radical (unpaired) electrons. The highest BCUT2D eigenvalue weighted by Crippen LogP contribution is 2.50. The third kappa shape index (κ3) is 4.55. The first kappa shape index (κ1) is 27.0. The molecule has 0 aliphatic carbocycles. The highest BCUT2D eigenvalue weighted by atomic mass is 19.4. The van der Waals surface area contributed by atoms with Crippen LogP contribution in [0, 0.1) is 0 Å². The van der Waals surface area contributed by atoms with Crippen molar-refractivity contribution in [2.75, 3.05) is 14.2 Å². The summed E-state index contributed by atoms with van der Waals surface area (Å²) in [5, 5.41) is 9.89. The van der Waals surface area contributed by atoms with Gasteiger partial charge in [0.15, 0.2) is 11.5 Å². The Bertz CT molecular complexity index is 1520. The van der Waals surface area contributed by atoms with Gasteiger partial charge in [0.25, 0.3) is 11.2 Å². The molecule has 200 valence electrons. The van der Waals surface area contributed by atoms with Gasteiger partial charge in [-0.1, -0.05) is 42.5 Å².